The zero-order valence-corrected chi connectivity index (χ0v) is 18.6. The van der Waals surface area contributed by atoms with E-state index in [0.29, 0.717) is 33.8 Å². The maximum Gasteiger partial charge on any atom is 0.263 e. The highest BCUT2D eigenvalue weighted by Crippen LogP contribution is 2.33. The quantitative estimate of drug-likeness (QED) is 0.391. The second kappa shape index (κ2) is 8.06. The molecule has 1 saturated carbocycles. The van der Waals surface area contributed by atoms with Gasteiger partial charge in [0.25, 0.3) is 10.0 Å². The van der Waals surface area contributed by atoms with Gasteiger partial charge in [-0.3, -0.25) is 4.72 Å². The Labute approximate surface area is 187 Å². The van der Waals surface area contributed by atoms with Crippen LogP contribution >= 0.6 is 22.9 Å². The number of imidazole rings is 1. The third kappa shape index (κ3) is 4.08. The van der Waals surface area contributed by atoms with Gasteiger partial charge in [0.1, 0.15) is 0 Å². The lowest BCUT2D eigenvalue weighted by atomic mass is 10.2. The first-order valence-electron chi connectivity index (χ1n) is 9.69. The van der Waals surface area contributed by atoms with Crippen LogP contribution < -0.4 is 10.0 Å². The van der Waals surface area contributed by atoms with Crippen LogP contribution in [0.3, 0.4) is 0 Å². The first-order chi connectivity index (χ1) is 15.0. The van der Waals surface area contributed by atoms with Gasteiger partial charge < -0.3 is 9.88 Å². The van der Waals surface area contributed by atoms with Crippen LogP contribution in [0.4, 0.5) is 16.6 Å². The fourth-order valence-electron chi connectivity index (χ4n) is 3.73. The van der Waals surface area contributed by atoms with Crippen molar-refractivity contribution in [3.8, 4) is 0 Å². The van der Waals surface area contributed by atoms with E-state index in [-0.39, 0.29) is 10.2 Å². The summed E-state index contributed by atoms with van der Waals surface area (Å²) in [5.74, 6) is 0.475. The number of sulfonamides is 1. The molecule has 0 aliphatic heterocycles. The van der Waals surface area contributed by atoms with Gasteiger partial charge in [0.15, 0.2) is 22.1 Å². The Kier molecular flexibility index (Phi) is 5.24. The maximum absolute atomic E-state index is 12.5. The number of nitrogens with zero attached hydrogens (tertiary/aromatic N) is 5. The van der Waals surface area contributed by atoms with Crippen molar-refractivity contribution in [1.82, 2.24) is 24.5 Å². The molecule has 9 nitrogen and oxygen atoms in total. The van der Waals surface area contributed by atoms with Crippen LogP contribution in [0.25, 0.3) is 11.2 Å². The van der Waals surface area contributed by atoms with Gasteiger partial charge in [-0.2, -0.15) is 9.97 Å². The molecule has 1 fully saturated rings. The van der Waals surface area contributed by atoms with Crippen LogP contribution in [0.5, 0.6) is 0 Å². The molecule has 3 aromatic heterocycles. The number of hydrogen-bond donors (Lipinski definition) is 2. The molecule has 160 valence electrons. The van der Waals surface area contributed by atoms with E-state index in [1.54, 1.807) is 23.8 Å². The predicted octanol–water partition coefficient (Wildman–Crippen LogP) is 4.60. The minimum Gasteiger partial charge on any atom is -0.338 e. The number of halogens is 1. The van der Waals surface area contributed by atoms with E-state index < -0.39 is 10.0 Å². The number of rotatable bonds is 6. The van der Waals surface area contributed by atoms with Crippen molar-refractivity contribution in [2.24, 2.45) is 0 Å². The Morgan fingerprint density at radius 1 is 1.10 bits per heavy atom. The minimum atomic E-state index is -3.71. The molecular formula is C19H18ClN7O2S2. The lowest BCUT2D eigenvalue weighted by Gasteiger charge is -2.12. The fourth-order valence-corrected chi connectivity index (χ4v) is 5.68. The van der Waals surface area contributed by atoms with E-state index in [1.807, 2.05) is 0 Å². The van der Waals surface area contributed by atoms with Gasteiger partial charge in [-0.25, -0.2) is 18.4 Å². The molecule has 3 heterocycles. The van der Waals surface area contributed by atoms with Crippen molar-refractivity contribution in [2.45, 2.75) is 36.6 Å². The Hall–Kier alpha value is -2.76. The molecule has 0 saturated heterocycles. The molecule has 12 heteroatoms. The molecule has 5 rings (SSSR count). The van der Waals surface area contributed by atoms with E-state index in [0.717, 1.165) is 12.8 Å². The van der Waals surface area contributed by atoms with Gasteiger partial charge >= 0.3 is 0 Å². The van der Waals surface area contributed by atoms with Gasteiger partial charge in [0, 0.05) is 23.3 Å². The molecule has 31 heavy (non-hydrogen) atoms. The first kappa shape index (κ1) is 20.2. The van der Waals surface area contributed by atoms with Gasteiger partial charge in [-0.05, 0) is 48.7 Å². The minimum absolute atomic E-state index is 0.126. The summed E-state index contributed by atoms with van der Waals surface area (Å²) in [6.45, 7) is 0. The molecule has 0 unspecified atom stereocenters. The predicted molar refractivity (Wildman–Crippen MR) is 120 cm³/mol. The van der Waals surface area contributed by atoms with E-state index in [1.165, 1.54) is 42.5 Å². The van der Waals surface area contributed by atoms with E-state index in [9.17, 15) is 8.42 Å². The van der Waals surface area contributed by atoms with Crippen LogP contribution in [0.1, 0.15) is 31.7 Å². The number of anilines is 3. The second-order valence-corrected chi connectivity index (χ2v) is 10.1. The van der Waals surface area contributed by atoms with E-state index >= 15 is 0 Å². The molecule has 1 aliphatic rings. The molecule has 2 N–H and O–H groups in total. The Bertz CT molecular complexity index is 1320. The number of aromatic nitrogens is 5. The summed E-state index contributed by atoms with van der Waals surface area (Å²) >= 11 is 7.40. The molecule has 1 aromatic carbocycles. The van der Waals surface area contributed by atoms with Crippen molar-refractivity contribution in [3.63, 3.8) is 0 Å². The maximum atomic E-state index is 12.5. The van der Waals surface area contributed by atoms with Crippen molar-refractivity contribution >= 4 is 60.8 Å². The van der Waals surface area contributed by atoms with Crippen molar-refractivity contribution in [1.29, 1.82) is 0 Å². The van der Waals surface area contributed by atoms with E-state index in [2.05, 4.69) is 34.5 Å². The Morgan fingerprint density at radius 3 is 2.58 bits per heavy atom. The summed E-state index contributed by atoms with van der Waals surface area (Å²) in [5, 5.41) is 5.32. The zero-order chi connectivity index (χ0) is 21.4. The standard InChI is InChI=1S/C19H18ClN7O2S2/c20-18-24-16(15-17(25-18)27(11-22-15)13-3-1-2-4-13)23-12-5-7-14(8-6-12)31(28,29)26-19-21-9-10-30-19/h5-11,13H,1-4H2,(H,21,26)(H,23,24,25). The van der Waals surface area contributed by atoms with Crippen molar-refractivity contribution < 1.29 is 8.42 Å². The molecule has 0 bridgehead atoms. The van der Waals surface area contributed by atoms with Gasteiger partial charge in [0.05, 0.1) is 11.2 Å². The lowest BCUT2D eigenvalue weighted by molar-refractivity contribution is 0.529. The number of fused-ring (bicyclic) bond motifs is 1. The summed E-state index contributed by atoms with van der Waals surface area (Å²) in [5.41, 5.74) is 1.97. The number of nitrogens with one attached hydrogen (secondary N) is 2. The molecule has 0 spiro atoms. The van der Waals surface area contributed by atoms with E-state index in [4.69, 9.17) is 11.6 Å². The van der Waals surface area contributed by atoms with Gasteiger partial charge in [-0.15, -0.1) is 11.3 Å². The molecule has 1 aliphatic carbocycles. The normalized spacial score (nSPS) is 14.9. The van der Waals surface area contributed by atoms with Crippen LogP contribution in [0.15, 0.2) is 47.1 Å². The van der Waals surface area contributed by atoms with Crippen LogP contribution in [-0.4, -0.2) is 32.9 Å². The average molecular weight is 476 g/mol. The molecule has 0 atom stereocenters. The summed E-state index contributed by atoms with van der Waals surface area (Å²) in [6, 6.07) is 6.71. The zero-order valence-electron chi connectivity index (χ0n) is 16.2. The highest BCUT2D eigenvalue weighted by Gasteiger charge is 2.22. The first-order valence-corrected chi connectivity index (χ1v) is 12.4. The number of benzene rings is 1. The van der Waals surface area contributed by atoms with Crippen LogP contribution in [-0.2, 0) is 10.0 Å². The van der Waals surface area contributed by atoms with Crippen LogP contribution in [0, 0.1) is 0 Å². The van der Waals surface area contributed by atoms with Gasteiger partial charge in [-0.1, -0.05) is 12.8 Å². The smallest absolute Gasteiger partial charge is 0.263 e. The SMILES string of the molecule is O=S(=O)(Nc1nccs1)c1ccc(Nc2nc(Cl)nc3c2ncn3C2CCCC2)cc1. The fraction of sp³-hybridized carbons (Fsp3) is 0.263. The molecule has 0 radical (unpaired) electrons. The highest BCUT2D eigenvalue weighted by atomic mass is 35.5. The number of thiazole rings is 1. The largest absolute Gasteiger partial charge is 0.338 e. The summed E-state index contributed by atoms with van der Waals surface area (Å²) in [4.78, 5) is 17.3. The van der Waals surface area contributed by atoms with Crippen LogP contribution in [0.2, 0.25) is 5.28 Å². The molecule has 0 amide bonds. The van der Waals surface area contributed by atoms with Gasteiger partial charge in [0.2, 0.25) is 5.28 Å². The van der Waals surface area contributed by atoms with Crippen molar-refractivity contribution in [3.05, 3.63) is 47.5 Å². The second-order valence-electron chi connectivity index (χ2n) is 7.20. The lowest BCUT2D eigenvalue weighted by Crippen LogP contribution is -2.12. The average Bonchev–Trinajstić information content (AvgIpc) is 3.49. The molecule has 4 aromatic rings. The monoisotopic (exact) mass is 475 g/mol. The summed E-state index contributed by atoms with van der Waals surface area (Å²) in [6.07, 6.45) is 7.91. The Balaban J connectivity index is 1.41. The molecular weight excluding hydrogens is 458 g/mol. The third-order valence-electron chi connectivity index (χ3n) is 5.19. The van der Waals surface area contributed by atoms with Crippen molar-refractivity contribution in [2.75, 3.05) is 10.0 Å². The summed E-state index contributed by atoms with van der Waals surface area (Å²) < 4.78 is 29.5. The highest BCUT2D eigenvalue weighted by molar-refractivity contribution is 7.93. The Morgan fingerprint density at radius 2 is 1.87 bits per heavy atom. The number of hydrogen-bond acceptors (Lipinski definition) is 8. The third-order valence-corrected chi connectivity index (χ3v) is 7.54. The topological polar surface area (TPSA) is 115 Å². The summed E-state index contributed by atoms with van der Waals surface area (Å²) in [7, 11) is -3.71.